The van der Waals surface area contributed by atoms with Crippen LogP contribution in [0.2, 0.25) is 0 Å². The Hall–Kier alpha value is -2.13. The third kappa shape index (κ3) is 2.64. The average molecular weight is 314 g/mol. The molecule has 2 aromatic rings. The maximum absolute atomic E-state index is 12.7. The van der Waals surface area contributed by atoms with Gasteiger partial charge in [-0.3, -0.25) is 9.48 Å². The molecule has 1 aliphatic heterocycles. The Morgan fingerprint density at radius 1 is 1.50 bits per heavy atom. The van der Waals surface area contributed by atoms with E-state index in [9.17, 15) is 4.79 Å². The summed E-state index contributed by atoms with van der Waals surface area (Å²) in [7, 11) is 0. The fourth-order valence-corrected chi connectivity index (χ4v) is 3.87. The Labute approximate surface area is 133 Å². The topological polar surface area (TPSA) is 61.9 Å². The number of nitrogens with zero attached hydrogens (tertiary/aromatic N) is 4. The highest BCUT2D eigenvalue weighted by Gasteiger charge is 2.28. The molecular formula is C16H18N4OS. The van der Waals surface area contributed by atoms with Crippen LogP contribution in [-0.2, 0) is 0 Å². The van der Waals surface area contributed by atoms with E-state index in [4.69, 9.17) is 5.26 Å². The van der Waals surface area contributed by atoms with Crippen LogP contribution >= 0.6 is 11.3 Å². The van der Waals surface area contributed by atoms with Crippen LogP contribution in [0, 0.1) is 25.2 Å². The van der Waals surface area contributed by atoms with E-state index in [-0.39, 0.29) is 11.9 Å². The van der Waals surface area contributed by atoms with Gasteiger partial charge in [-0.15, -0.1) is 11.3 Å². The normalized spacial score (nSPS) is 18.2. The zero-order chi connectivity index (χ0) is 15.7. The van der Waals surface area contributed by atoms with Gasteiger partial charge in [0, 0.05) is 18.8 Å². The van der Waals surface area contributed by atoms with E-state index >= 15 is 0 Å². The molecule has 114 valence electrons. The number of hydrogen-bond acceptors (Lipinski definition) is 4. The standard InChI is InChI=1S/C16H18N4OS/c1-11-8-12(2)20(18-11)14-4-3-6-19(10-14)16(21)15-13(9-17)5-7-22-15/h5,7-8,14H,3-4,6,10H2,1-2H3. The number of hydrogen-bond donors (Lipinski definition) is 0. The highest BCUT2D eigenvalue weighted by molar-refractivity contribution is 7.12. The first-order valence-electron chi connectivity index (χ1n) is 7.39. The second kappa shape index (κ2) is 5.93. The van der Waals surface area contributed by atoms with E-state index in [2.05, 4.69) is 17.2 Å². The van der Waals surface area contributed by atoms with Gasteiger partial charge in [0.05, 0.1) is 17.3 Å². The highest BCUT2D eigenvalue weighted by Crippen LogP contribution is 2.26. The second-order valence-corrected chi connectivity index (χ2v) is 6.61. The molecule has 3 heterocycles. The molecule has 6 heteroatoms. The quantitative estimate of drug-likeness (QED) is 0.856. The van der Waals surface area contributed by atoms with Crippen LogP contribution in [0.25, 0.3) is 0 Å². The van der Waals surface area contributed by atoms with Crippen molar-refractivity contribution >= 4 is 17.2 Å². The lowest BCUT2D eigenvalue weighted by Crippen LogP contribution is -2.41. The van der Waals surface area contributed by atoms with E-state index in [0.717, 1.165) is 30.8 Å². The first kappa shape index (κ1) is 14.8. The van der Waals surface area contributed by atoms with E-state index in [1.807, 2.05) is 23.4 Å². The van der Waals surface area contributed by atoms with Crippen LogP contribution in [0.3, 0.4) is 0 Å². The van der Waals surface area contributed by atoms with Crippen LogP contribution in [0.1, 0.15) is 45.5 Å². The summed E-state index contributed by atoms with van der Waals surface area (Å²) in [5.41, 5.74) is 2.61. The summed E-state index contributed by atoms with van der Waals surface area (Å²) in [6.07, 6.45) is 1.99. The first-order valence-corrected chi connectivity index (χ1v) is 8.27. The third-order valence-electron chi connectivity index (χ3n) is 4.05. The SMILES string of the molecule is Cc1cc(C)n(C2CCCN(C(=O)c3sccc3C#N)C2)n1. The van der Waals surface area contributed by atoms with E-state index in [1.165, 1.54) is 11.3 Å². The second-order valence-electron chi connectivity index (χ2n) is 5.69. The number of aromatic nitrogens is 2. The molecule has 2 aromatic heterocycles. The minimum Gasteiger partial charge on any atom is -0.336 e. The number of amides is 1. The molecule has 0 bridgehead atoms. The Balaban J connectivity index is 1.80. The van der Waals surface area contributed by atoms with Crippen LogP contribution in [-0.4, -0.2) is 33.7 Å². The number of aryl methyl sites for hydroxylation is 2. The predicted molar refractivity (Wildman–Crippen MR) is 84.9 cm³/mol. The number of carbonyl (C=O) groups excluding carboxylic acids is 1. The van der Waals surface area contributed by atoms with Gasteiger partial charge in [-0.05, 0) is 44.2 Å². The molecule has 22 heavy (non-hydrogen) atoms. The van der Waals surface area contributed by atoms with Crippen LogP contribution < -0.4 is 0 Å². The summed E-state index contributed by atoms with van der Waals surface area (Å²) in [5.74, 6) is -0.0298. The third-order valence-corrected chi connectivity index (χ3v) is 4.96. The molecule has 1 amide bonds. The molecule has 1 fully saturated rings. The minimum atomic E-state index is -0.0298. The van der Waals surface area contributed by atoms with Crippen molar-refractivity contribution in [3.8, 4) is 6.07 Å². The molecule has 3 rings (SSSR count). The highest BCUT2D eigenvalue weighted by atomic mass is 32.1. The molecule has 1 atom stereocenters. The molecule has 0 radical (unpaired) electrons. The number of likely N-dealkylation sites (tertiary alicyclic amines) is 1. The molecule has 5 nitrogen and oxygen atoms in total. The summed E-state index contributed by atoms with van der Waals surface area (Å²) in [5, 5.41) is 15.4. The van der Waals surface area contributed by atoms with Crippen molar-refractivity contribution in [2.24, 2.45) is 0 Å². The Bertz CT molecular complexity index is 740. The number of thiophene rings is 1. The van der Waals surface area contributed by atoms with Crippen molar-refractivity contribution in [1.29, 1.82) is 5.26 Å². The molecule has 0 aliphatic carbocycles. The predicted octanol–water partition coefficient (Wildman–Crippen LogP) is 2.91. The molecular weight excluding hydrogens is 296 g/mol. The van der Waals surface area contributed by atoms with Crippen molar-refractivity contribution in [2.75, 3.05) is 13.1 Å². The summed E-state index contributed by atoms with van der Waals surface area (Å²) in [6, 6.07) is 6.09. The Morgan fingerprint density at radius 2 is 2.32 bits per heavy atom. The largest absolute Gasteiger partial charge is 0.336 e. The van der Waals surface area contributed by atoms with Gasteiger partial charge in [0.25, 0.3) is 5.91 Å². The smallest absolute Gasteiger partial charge is 0.265 e. The van der Waals surface area contributed by atoms with Crippen molar-refractivity contribution in [1.82, 2.24) is 14.7 Å². The van der Waals surface area contributed by atoms with Crippen LogP contribution in [0.5, 0.6) is 0 Å². The van der Waals surface area contributed by atoms with E-state index in [1.54, 1.807) is 11.4 Å². The summed E-state index contributed by atoms with van der Waals surface area (Å²) >= 11 is 1.34. The Kier molecular flexibility index (Phi) is 3.99. The molecule has 0 saturated carbocycles. The molecule has 1 aliphatic rings. The zero-order valence-electron chi connectivity index (χ0n) is 12.7. The minimum absolute atomic E-state index is 0.0298. The van der Waals surface area contributed by atoms with Gasteiger partial charge in [-0.2, -0.15) is 10.4 Å². The van der Waals surface area contributed by atoms with Gasteiger partial charge in [-0.1, -0.05) is 0 Å². The number of piperidine rings is 1. The fraction of sp³-hybridized carbons (Fsp3) is 0.438. The van der Waals surface area contributed by atoms with Crippen LogP contribution in [0.15, 0.2) is 17.5 Å². The van der Waals surface area contributed by atoms with Gasteiger partial charge >= 0.3 is 0 Å². The molecule has 0 spiro atoms. The number of rotatable bonds is 2. The zero-order valence-corrected chi connectivity index (χ0v) is 13.6. The molecule has 0 N–H and O–H groups in total. The van der Waals surface area contributed by atoms with Gasteiger partial charge in [-0.25, -0.2) is 0 Å². The lowest BCUT2D eigenvalue weighted by atomic mass is 10.1. The first-order chi connectivity index (χ1) is 10.6. The molecule has 1 unspecified atom stereocenters. The maximum Gasteiger partial charge on any atom is 0.265 e. The maximum atomic E-state index is 12.7. The number of carbonyl (C=O) groups is 1. The average Bonchev–Trinajstić information content (AvgIpc) is 3.12. The van der Waals surface area contributed by atoms with E-state index in [0.29, 0.717) is 17.0 Å². The van der Waals surface area contributed by atoms with Crippen LogP contribution in [0.4, 0.5) is 0 Å². The van der Waals surface area contributed by atoms with Crippen molar-refractivity contribution in [3.05, 3.63) is 39.3 Å². The Morgan fingerprint density at radius 3 is 3.00 bits per heavy atom. The fourth-order valence-electron chi connectivity index (χ4n) is 3.06. The van der Waals surface area contributed by atoms with Crippen molar-refractivity contribution < 1.29 is 4.79 Å². The van der Waals surface area contributed by atoms with Gasteiger partial charge in [0.2, 0.25) is 0 Å². The van der Waals surface area contributed by atoms with Gasteiger partial charge < -0.3 is 4.90 Å². The lowest BCUT2D eigenvalue weighted by Gasteiger charge is -2.33. The summed E-state index contributed by atoms with van der Waals surface area (Å²) < 4.78 is 2.04. The van der Waals surface area contributed by atoms with Gasteiger partial charge in [0.15, 0.2) is 0 Å². The summed E-state index contributed by atoms with van der Waals surface area (Å²) in [4.78, 5) is 15.1. The van der Waals surface area contributed by atoms with Gasteiger partial charge in [0.1, 0.15) is 10.9 Å². The van der Waals surface area contributed by atoms with Crippen molar-refractivity contribution in [3.63, 3.8) is 0 Å². The number of nitriles is 1. The summed E-state index contributed by atoms with van der Waals surface area (Å²) in [6.45, 7) is 5.44. The molecule has 1 saturated heterocycles. The van der Waals surface area contributed by atoms with E-state index < -0.39 is 0 Å². The lowest BCUT2D eigenvalue weighted by molar-refractivity contribution is 0.0676. The van der Waals surface area contributed by atoms with Crippen molar-refractivity contribution in [2.45, 2.75) is 32.7 Å². The molecule has 0 aromatic carbocycles. The monoisotopic (exact) mass is 314 g/mol.